The van der Waals surface area contributed by atoms with Gasteiger partial charge in [0, 0.05) is 37.9 Å². The van der Waals surface area contributed by atoms with Crippen LogP contribution in [0.3, 0.4) is 0 Å². The number of halogens is 2. The largest absolute Gasteiger partial charge is 0.352 e. The van der Waals surface area contributed by atoms with Crippen LogP contribution in [0, 0.1) is 5.82 Å². The van der Waals surface area contributed by atoms with E-state index in [-0.39, 0.29) is 23.4 Å². The summed E-state index contributed by atoms with van der Waals surface area (Å²) in [5, 5.41) is 5.69. The van der Waals surface area contributed by atoms with Gasteiger partial charge in [0.25, 0.3) is 0 Å². The molecule has 0 unspecified atom stereocenters. The van der Waals surface area contributed by atoms with Gasteiger partial charge in [-0.1, -0.05) is 11.6 Å². The number of benzene rings is 1. The van der Waals surface area contributed by atoms with E-state index in [0.29, 0.717) is 18.3 Å². The van der Waals surface area contributed by atoms with E-state index in [1.165, 1.54) is 18.2 Å². The average Bonchev–Trinajstić information content (AvgIpc) is 3.36. The van der Waals surface area contributed by atoms with Gasteiger partial charge >= 0.3 is 0 Å². The second kappa shape index (κ2) is 8.12. The Kier molecular flexibility index (Phi) is 5.88. The molecule has 0 atom stereocenters. The Labute approximate surface area is 151 Å². The highest BCUT2D eigenvalue weighted by molar-refractivity contribution is 6.31. The molecular formula is C17H22ClFN4O2. The van der Waals surface area contributed by atoms with E-state index >= 15 is 0 Å². The maximum atomic E-state index is 13.1. The number of carbonyl (C=O) groups excluding carboxylic acids is 2. The highest BCUT2D eigenvalue weighted by Gasteiger charge is 2.25. The van der Waals surface area contributed by atoms with Crippen molar-refractivity contribution >= 4 is 29.1 Å². The van der Waals surface area contributed by atoms with Crippen molar-refractivity contribution in [3.8, 4) is 0 Å². The Bertz CT molecular complexity index is 646. The molecule has 1 aliphatic carbocycles. The molecule has 1 saturated heterocycles. The normalized spacial score (nSPS) is 18.8. The lowest BCUT2D eigenvalue weighted by Gasteiger charge is -2.33. The van der Waals surface area contributed by atoms with Gasteiger partial charge in [-0.2, -0.15) is 0 Å². The molecule has 136 valence electrons. The van der Waals surface area contributed by atoms with Gasteiger partial charge in [0.15, 0.2) is 0 Å². The predicted octanol–water partition coefficient (Wildman–Crippen LogP) is 1.31. The summed E-state index contributed by atoms with van der Waals surface area (Å²) in [6, 6.07) is 4.49. The zero-order chi connectivity index (χ0) is 17.8. The number of piperazine rings is 1. The monoisotopic (exact) mass is 368 g/mol. The molecule has 1 heterocycles. The lowest BCUT2D eigenvalue weighted by molar-refractivity contribution is -0.123. The quantitative estimate of drug-likeness (QED) is 0.794. The second-order valence-corrected chi connectivity index (χ2v) is 6.98. The summed E-state index contributed by atoms with van der Waals surface area (Å²) in [5.74, 6) is -0.592. The molecular weight excluding hydrogens is 347 g/mol. The molecule has 1 saturated carbocycles. The molecule has 1 aromatic rings. The molecule has 0 bridgehead atoms. The molecule has 2 aliphatic rings. The molecule has 1 aliphatic heterocycles. The number of nitrogens with one attached hydrogen (secondary N) is 2. The number of hydrogen-bond acceptors (Lipinski definition) is 4. The van der Waals surface area contributed by atoms with Gasteiger partial charge < -0.3 is 10.6 Å². The van der Waals surface area contributed by atoms with Crippen LogP contribution in [0.4, 0.5) is 10.1 Å². The molecule has 0 spiro atoms. The molecule has 2 N–H and O–H groups in total. The van der Waals surface area contributed by atoms with Crippen LogP contribution in [0.1, 0.15) is 12.8 Å². The molecule has 0 radical (unpaired) electrons. The number of anilines is 1. The van der Waals surface area contributed by atoms with Crippen LogP contribution in [0.25, 0.3) is 0 Å². The van der Waals surface area contributed by atoms with Gasteiger partial charge in [0.2, 0.25) is 11.8 Å². The highest BCUT2D eigenvalue weighted by Crippen LogP contribution is 2.19. The fraction of sp³-hybridized carbons (Fsp3) is 0.529. The number of carbonyl (C=O) groups is 2. The third-order valence-corrected chi connectivity index (χ3v) is 4.63. The van der Waals surface area contributed by atoms with E-state index in [2.05, 4.69) is 15.5 Å². The van der Waals surface area contributed by atoms with Crippen LogP contribution in [0.2, 0.25) is 5.02 Å². The lowest BCUT2D eigenvalue weighted by Crippen LogP contribution is -2.51. The Morgan fingerprint density at radius 1 is 1.08 bits per heavy atom. The Morgan fingerprint density at radius 2 is 1.68 bits per heavy atom. The summed E-state index contributed by atoms with van der Waals surface area (Å²) in [5.41, 5.74) is 0.479. The summed E-state index contributed by atoms with van der Waals surface area (Å²) in [6.45, 7) is 3.66. The molecule has 2 fully saturated rings. The second-order valence-electron chi connectivity index (χ2n) is 6.57. The van der Waals surface area contributed by atoms with E-state index < -0.39 is 5.82 Å². The number of amides is 2. The SMILES string of the molecule is O=C(CN1CCN(CC(=O)NC2CC2)CC1)Nc1ccc(F)c(Cl)c1. The first-order chi connectivity index (χ1) is 12.0. The fourth-order valence-corrected chi connectivity index (χ4v) is 2.97. The van der Waals surface area contributed by atoms with Crippen LogP contribution in [-0.2, 0) is 9.59 Å². The number of nitrogens with zero attached hydrogens (tertiary/aromatic N) is 2. The van der Waals surface area contributed by atoms with E-state index in [9.17, 15) is 14.0 Å². The summed E-state index contributed by atoms with van der Waals surface area (Å²) in [7, 11) is 0. The van der Waals surface area contributed by atoms with Crippen molar-refractivity contribution < 1.29 is 14.0 Å². The van der Waals surface area contributed by atoms with E-state index in [0.717, 1.165) is 39.0 Å². The average molecular weight is 369 g/mol. The number of hydrogen-bond donors (Lipinski definition) is 2. The predicted molar refractivity (Wildman–Crippen MR) is 94.1 cm³/mol. The maximum Gasteiger partial charge on any atom is 0.238 e. The third-order valence-electron chi connectivity index (χ3n) is 4.35. The van der Waals surface area contributed by atoms with Gasteiger partial charge in [0.05, 0.1) is 18.1 Å². The minimum Gasteiger partial charge on any atom is -0.352 e. The first kappa shape index (κ1) is 18.1. The van der Waals surface area contributed by atoms with Crippen molar-refractivity contribution in [2.75, 3.05) is 44.6 Å². The van der Waals surface area contributed by atoms with Crippen molar-refractivity contribution in [2.45, 2.75) is 18.9 Å². The minimum atomic E-state index is -0.512. The third kappa shape index (κ3) is 5.66. The van der Waals surface area contributed by atoms with Crippen LogP contribution in [0.5, 0.6) is 0 Å². The Morgan fingerprint density at radius 3 is 2.24 bits per heavy atom. The van der Waals surface area contributed by atoms with Crippen molar-refractivity contribution in [1.82, 2.24) is 15.1 Å². The van der Waals surface area contributed by atoms with Gasteiger partial charge in [0.1, 0.15) is 5.82 Å². The minimum absolute atomic E-state index is 0.0177. The van der Waals surface area contributed by atoms with Crippen molar-refractivity contribution in [1.29, 1.82) is 0 Å². The molecule has 3 rings (SSSR count). The summed E-state index contributed by atoms with van der Waals surface area (Å²) in [4.78, 5) is 28.0. The molecule has 2 amide bonds. The topological polar surface area (TPSA) is 64.7 Å². The molecule has 1 aromatic carbocycles. The van der Waals surface area contributed by atoms with Gasteiger partial charge in [-0.05, 0) is 31.0 Å². The van der Waals surface area contributed by atoms with Crippen molar-refractivity contribution in [3.63, 3.8) is 0 Å². The molecule has 25 heavy (non-hydrogen) atoms. The molecule has 6 nitrogen and oxygen atoms in total. The number of rotatable bonds is 6. The molecule has 8 heteroatoms. The van der Waals surface area contributed by atoms with Crippen molar-refractivity contribution in [3.05, 3.63) is 29.0 Å². The molecule has 0 aromatic heterocycles. The van der Waals surface area contributed by atoms with Crippen molar-refractivity contribution in [2.24, 2.45) is 0 Å². The van der Waals surface area contributed by atoms with Gasteiger partial charge in [-0.15, -0.1) is 0 Å². The Hall–Kier alpha value is -1.70. The van der Waals surface area contributed by atoms with Crippen LogP contribution >= 0.6 is 11.6 Å². The van der Waals surface area contributed by atoms with Crippen LogP contribution in [-0.4, -0.2) is 66.9 Å². The van der Waals surface area contributed by atoms with Gasteiger partial charge in [-0.25, -0.2) is 4.39 Å². The van der Waals surface area contributed by atoms with E-state index in [1.54, 1.807) is 0 Å². The first-order valence-corrected chi connectivity index (χ1v) is 8.86. The van der Waals surface area contributed by atoms with E-state index in [4.69, 9.17) is 11.6 Å². The lowest BCUT2D eigenvalue weighted by atomic mass is 10.3. The van der Waals surface area contributed by atoms with Gasteiger partial charge in [-0.3, -0.25) is 19.4 Å². The first-order valence-electron chi connectivity index (χ1n) is 8.48. The zero-order valence-electron chi connectivity index (χ0n) is 13.9. The summed E-state index contributed by atoms with van der Waals surface area (Å²) >= 11 is 5.71. The standard InChI is InChI=1S/C17H22ClFN4O2/c18-14-9-13(3-4-15(14)19)21-17(25)11-23-7-5-22(6-8-23)10-16(24)20-12-1-2-12/h3-4,9,12H,1-2,5-8,10-11H2,(H,20,24)(H,21,25). The van der Waals surface area contributed by atoms with Crippen LogP contribution in [0.15, 0.2) is 18.2 Å². The highest BCUT2D eigenvalue weighted by atomic mass is 35.5. The summed E-state index contributed by atoms with van der Waals surface area (Å²) < 4.78 is 13.1. The van der Waals surface area contributed by atoms with E-state index in [1.807, 2.05) is 4.90 Å². The fourth-order valence-electron chi connectivity index (χ4n) is 2.79. The summed E-state index contributed by atoms with van der Waals surface area (Å²) in [6.07, 6.45) is 2.18. The Balaban J connectivity index is 1.38. The zero-order valence-corrected chi connectivity index (χ0v) is 14.7. The maximum absolute atomic E-state index is 13.1. The smallest absolute Gasteiger partial charge is 0.238 e. The van der Waals surface area contributed by atoms with Crippen LogP contribution < -0.4 is 10.6 Å².